The number of thioether (sulfide) groups is 1. The molecule has 1 unspecified atom stereocenters. The van der Waals surface area contributed by atoms with Crippen LogP contribution in [-0.4, -0.2) is 35.2 Å². The van der Waals surface area contributed by atoms with E-state index in [9.17, 15) is 4.79 Å². The maximum Gasteiger partial charge on any atom is 0.313 e. The van der Waals surface area contributed by atoms with E-state index >= 15 is 0 Å². The molecular weight excluding hydrogens is 186 g/mol. The van der Waals surface area contributed by atoms with Crippen molar-refractivity contribution in [3.63, 3.8) is 0 Å². The SMILES string of the molecule is C[C@@H](SCC(=O)O)C1CCCNC1. The summed E-state index contributed by atoms with van der Waals surface area (Å²) in [6.07, 6.45) is 2.46. The molecule has 13 heavy (non-hydrogen) atoms. The molecule has 0 aromatic rings. The van der Waals surface area contributed by atoms with Crippen LogP contribution in [0.5, 0.6) is 0 Å². The highest BCUT2D eigenvalue weighted by Crippen LogP contribution is 2.24. The van der Waals surface area contributed by atoms with Crippen molar-refractivity contribution in [1.82, 2.24) is 5.32 Å². The monoisotopic (exact) mass is 203 g/mol. The molecule has 0 bridgehead atoms. The molecule has 2 N–H and O–H groups in total. The Morgan fingerprint density at radius 3 is 3.08 bits per heavy atom. The van der Waals surface area contributed by atoms with Gasteiger partial charge in [0.2, 0.25) is 0 Å². The lowest BCUT2D eigenvalue weighted by molar-refractivity contribution is -0.133. The number of rotatable bonds is 4. The maximum absolute atomic E-state index is 10.4. The van der Waals surface area contributed by atoms with E-state index in [0.717, 1.165) is 13.1 Å². The van der Waals surface area contributed by atoms with Crippen LogP contribution in [0.3, 0.4) is 0 Å². The third kappa shape index (κ3) is 4.00. The maximum atomic E-state index is 10.4. The number of hydrogen-bond acceptors (Lipinski definition) is 3. The van der Waals surface area contributed by atoms with E-state index in [1.807, 2.05) is 0 Å². The molecule has 0 aromatic carbocycles. The van der Waals surface area contributed by atoms with Gasteiger partial charge in [-0.3, -0.25) is 4.79 Å². The number of carboxylic acid groups (broad SMARTS) is 1. The average Bonchev–Trinajstić information content (AvgIpc) is 2.15. The Labute approximate surface area is 83.3 Å². The molecule has 0 spiro atoms. The zero-order valence-electron chi connectivity index (χ0n) is 7.95. The molecule has 1 fully saturated rings. The number of aliphatic carboxylic acids is 1. The van der Waals surface area contributed by atoms with Crippen molar-refractivity contribution < 1.29 is 9.90 Å². The van der Waals surface area contributed by atoms with Crippen molar-refractivity contribution in [1.29, 1.82) is 0 Å². The predicted octanol–water partition coefficient (Wildman–Crippen LogP) is 1.19. The fourth-order valence-electron chi connectivity index (χ4n) is 1.62. The van der Waals surface area contributed by atoms with E-state index in [4.69, 9.17) is 5.11 Å². The van der Waals surface area contributed by atoms with Gasteiger partial charge >= 0.3 is 5.97 Å². The normalized spacial score (nSPS) is 25.5. The first-order valence-corrected chi connectivity index (χ1v) is 5.79. The predicted molar refractivity (Wildman–Crippen MR) is 55.1 cm³/mol. The Balaban J connectivity index is 2.20. The Morgan fingerprint density at radius 2 is 2.54 bits per heavy atom. The molecular formula is C9H17NO2S. The lowest BCUT2D eigenvalue weighted by Crippen LogP contribution is -2.34. The molecule has 2 atom stereocenters. The van der Waals surface area contributed by atoms with Gasteiger partial charge in [0.1, 0.15) is 0 Å². The first kappa shape index (κ1) is 10.9. The highest BCUT2D eigenvalue weighted by atomic mass is 32.2. The van der Waals surface area contributed by atoms with Crippen LogP contribution in [0.25, 0.3) is 0 Å². The molecule has 1 saturated heterocycles. The summed E-state index contributed by atoms with van der Waals surface area (Å²) >= 11 is 1.55. The van der Waals surface area contributed by atoms with Crippen molar-refractivity contribution >= 4 is 17.7 Å². The third-order valence-corrected chi connectivity index (χ3v) is 3.79. The van der Waals surface area contributed by atoms with Crippen LogP contribution in [0.1, 0.15) is 19.8 Å². The molecule has 0 amide bonds. The van der Waals surface area contributed by atoms with E-state index in [-0.39, 0.29) is 5.75 Å². The summed E-state index contributed by atoms with van der Waals surface area (Å²) in [5, 5.41) is 12.3. The van der Waals surface area contributed by atoms with Gasteiger partial charge in [-0.25, -0.2) is 0 Å². The molecule has 0 aliphatic carbocycles. The van der Waals surface area contributed by atoms with Gasteiger partial charge in [0.15, 0.2) is 0 Å². The number of piperidine rings is 1. The van der Waals surface area contributed by atoms with Gasteiger partial charge < -0.3 is 10.4 Å². The van der Waals surface area contributed by atoms with Crippen molar-refractivity contribution in [3.05, 3.63) is 0 Å². The summed E-state index contributed by atoms with van der Waals surface area (Å²) in [6.45, 7) is 4.30. The second-order valence-electron chi connectivity index (χ2n) is 3.52. The second-order valence-corrected chi connectivity index (χ2v) is 4.88. The van der Waals surface area contributed by atoms with Crippen LogP contribution >= 0.6 is 11.8 Å². The summed E-state index contributed by atoms with van der Waals surface area (Å²) in [5.74, 6) is 0.177. The largest absolute Gasteiger partial charge is 0.481 e. The van der Waals surface area contributed by atoms with Crippen molar-refractivity contribution in [3.8, 4) is 0 Å². The molecule has 0 aromatic heterocycles. The number of hydrogen-bond donors (Lipinski definition) is 2. The molecule has 76 valence electrons. The first-order valence-electron chi connectivity index (χ1n) is 4.74. The average molecular weight is 203 g/mol. The van der Waals surface area contributed by atoms with Gasteiger partial charge in [-0.2, -0.15) is 0 Å². The third-order valence-electron chi connectivity index (χ3n) is 2.47. The van der Waals surface area contributed by atoms with E-state index < -0.39 is 5.97 Å². The van der Waals surface area contributed by atoms with Gasteiger partial charge in [-0.15, -0.1) is 11.8 Å². The summed E-state index contributed by atoms with van der Waals surface area (Å²) in [5.41, 5.74) is 0. The quantitative estimate of drug-likeness (QED) is 0.720. The Hall–Kier alpha value is -0.220. The van der Waals surface area contributed by atoms with Gasteiger partial charge in [0, 0.05) is 5.25 Å². The highest BCUT2D eigenvalue weighted by molar-refractivity contribution is 8.00. The smallest absolute Gasteiger partial charge is 0.313 e. The molecule has 0 saturated carbocycles. The van der Waals surface area contributed by atoms with Crippen LogP contribution < -0.4 is 5.32 Å². The van der Waals surface area contributed by atoms with Crippen LogP contribution in [0, 0.1) is 5.92 Å². The number of carboxylic acids is 1. The lowest BCUT2D eigenvalue weighted by Gasteiger charge is -2.27. The summed E-state index contributed by atoms with van der Waals surface area (Å²) < 4.78 is 0. The van der Waals surface area contributed by atoms with E-state index in [2.05, 4.69) is 12.2 Å². The summed E-state index contributed by atoms with van der Waals surface area (Å²) in [7, 11) is 0. The Bertz CT molecular complexity index is 169. The van der Waals surface area contributed by atoms with Gasteiger partial charge in [0.25, 0.3) is 0 Å². The topological polar surface area (TPSA) is 49.3 Å². The summed E-state index contributed by atoms with van der Waals surface area (Å²) in [4.78, 5) is 10.4. The summed E-state index contributed by atoms with van der Waals surface area (Å²) in [6, 6.07) is 0. The minimum Gasteiger partial charge on any atom is -0.481 e. The lowest BCUT2D eigenvalue weighted by atomic mass is 9.97. The van der Waals surface area contributed by atoms with E-state index in [1.165, 1.54) is 12.8 Å². The fourth-order valence-corrected chi connectivity index (χ4v) is 2.53. The van der Waals surface area contributed by atoms with Gasteiger partial charge in [0.05, 0.1) is 5.75 Å². The zero-order chi connectivity index (χ0) is 9.68. The number of carbonyl (C=O) groups is 1. The molecule has 1 aliphatic heterocycles. The molecule has 3 nitrogen and oxygen atoms in total. The minimum absolute atomic E-state index is 0.234. The van der Waals surface area contributed by atoms with Gasteiger partial charge in [-0.1, -0.05) is 6.92 Å². The molecule has 0 radical (unpaired) electrons. The zero-order valence-corrected chi connectivity index (χ0v) is 8.77. The standard InChI is InChI=1S/C9H17NO2S/c1-7(13-6-9(11)12)8-3-2-4-10-5-8/h7-8,10H,2-6H2,1H3,(H,11,12)/t7-,8?/m1/s1. The number of nitrogens with one attached hydrogen (secondary N) is 1. The Morgan fingerprint density at radius 1 is 1.77 bits per heavy atom. The molecule has 1 rings (SSSR count). The fraction of sp³-hybridized carbons (Fsp3) is 0.889. The van der Waals surface area contributed by atoms with Gasteiger partial charge in [-0.05, 0) is 31.8 Å². The van der Waals surface area contributed by atoms with Crippen LogP contribution in [0.4, 0.5) is 0 Å². The molecule has 1 aliphatic rings. The Kier molecular flexibility index (Phi) is 4.59. The first-order chi connectivity index (χ1) is 6.20. The van der Waals surface area contributed by atoms with Crippen molar-refractivity contribution in [2.24, 2.45) is 5.92 Å². The second kappa shape index (κ2) is 5.50. The van der Waals surface area contributed by atoms with Crippen molar-refractivity contribution in [2.45, 2.75) is 25.0 Å². The van der Waals surface area contributed by atoms with Crippen LogP contribution in [-0.2, 0) is 4.79 Å². The highest BCUT2D eigenvalue weighted by Gasteiger charge is 2.20. The molecule has 4 heteroatoms. The van der Waals surface area contributed by atoms with E-state index in [1.54, 1.807) is 11.8 Å². The van der Waals surface area contributed by atoms with Crippen molar-refractivity contribution in [2.75, 3.05) is 18.8 Å². The van der Waals surface area contributed by atoms with E-state index in [0.29, 0.717) is 11.2 Å². The minimum atomic E-state index is -0.708. The molecule has 1 heterocycles. The van der Waals surface area contributed by atoms with Crippen LogP contribution in [0.15, 0.2) is 0 Å². The van der Waals surface area contributed by atoms with Crippen LogP contribution in [0.2, 0.25) is 0 Å².